The molecule has 3 rings (SSSR count). The van der Waals surface area contributed by atoms with E-state index in [1.54, 1.807) is 14.2 Å². The number of hydrogen-bond acceptors (Lipinski definition) is 7. The first kappa shape index (κ1) is 18.3. The lowest BCUT2D eigenvalue weighted by atomic mass is 9.90. The van der Waals surface area contributed by atoms with Crippen molar-refractivity contribution >= 4 is 5.97 Å². The molecule has 1 aromatic carbocycles. The molecule has 0 bridgehead atoms. The van der Waals surface area contributed by atoms with Gasteiger partial charge in [-0.05, 0) is 36.6 Å². The Labute approximate surface area is 152 Å². The minimum absolute atomic E-state index is 0.122. The quantitative estimate of drug-likeness (QED) is 0.733. The third kappa shape index (κ3) is 3.67. The van der Waals surface area contributed by atoms with Crippen LogP contribution in [0.5, 0.6) is 11.5 Å². The first-order chi connectivity index (χ1) is 12.5. The molecule has 2 heterocycles. The van der Waals surface area contributed by atoms with E-state index < -0.39 is 0 Å². The van der Waals surface area contributed by atoms with Crippen molar-refractivity contribution in [3.8, 4) is 11.5 Å². The van der Waals surface area contributed by atoms with Gasteiger partial charge < -0.3 is 18.7 Å². The second kappa shape index (κ2) is 7.78. The van der Waals surface area contributed by atoms with Gasteiger partial charge in [0.25, 0.3) is 0 Å². The number of benzene rings is 1. The van der Waals surface area contributed by atoms with Gasteiger partial charge in [-0.1, -0.05) is 5.16 Å². The van der Waals surface area contributed by atoms with Crippen LogP contribution in [0.4, 0.5) is 0 Å². The van der Waals surface area contributed by atoms with Crippen LogP contribution in [-0.4, -0.2) is 43.9 Å². The van der Waals surface area contributed by atoms with Crippen molar-refractivity contribution in [3.05, 3.63) is 40.8 Å². The lowest BCUT2D eigenvalue weighted by molar-refractivity contribution is -0.142. The summed E-state index contributed by atoms with van der Waals surface area (Å²) in [6.45, 7) is 3.27. The fraction of sp³-hybridized carbons (Fsp3) is 0.474. The van der Waals surface area contributed by atoms with Crippen LogP contribution in [0.15, 0.2) is 22.7 Å². The number of aryl methyl sites for hydroxylation is 1. The maximum atomic E-state index is 12.0. The number of esters is 1. The zero-order valence-corrected chi connectivity index (χ0v) is 15.6. The fourth-order valence-electron chi connectivity index (χ4n) is 3.45. The van der Waals surface area contributed by atoms with Gasteiger partial charge in [-0.25, -0.2) is 0 Å². The highest BCUT2D eigenvalue weighted by Gasteiger charge is 2.31. The van der Waals surface area contributed by atoms with Gasteiger partial charge in [-0.3, -0.25) is 9.69 Å². The first-order valence-corrected chi connectivity index (χ1v) is 8.53. The van der Waals surface area contributed by atoms with Crippen molar-refractivity contribution in [2.24, 2.45) is 0 Å². The van der Waals surface area contributed by atoms with Gasteiger partial charge in [0.05, 0.1) is 33.4 Å². The van der Waals surface area contributed by atoms with Gasteiger partial charge in [0.1, 0.15) is 5.76 Å². The van der Waals surface area contributed by atoms with Crippen molar-refractivity contribution in [1.29, 1.82) is 0 Å². The number of fused-ring (bicyclic) bond motifs is 1. The van der Waals surface area contributed by atoms with Gasteiger partial charge in [-0.2, -0.15) is 0 Å². The Morgan fingerprint density at radius 3 is 2.58 bits per heavy atom. The number of aromatic nitrogens is 1. The van der Waals surface area contributed by atoms with E-state index in [2.05, 4.69) is 10.1 Å². The van der Waals surface area contributed by atoms with Gasteiger partial charge in [0.2, 0.25) is 0 Å². The average Bonchev–Trinajstić information content (AvgIpc) is 3.06. The van der Waals surface area contributed by atoms with E-state index in [-0.39, 0.29) is 18.4 Å². The number of methoxy groups -OCH3 is 3. The van der Waals surface area contributed by atoms with Crippen LogP contribution in [0, 0.1) is 6.92 Å². The lowest BCUT2D eigenvalue weighted by Gasteiger charge is -2.36. The minimum atomic E-state index is -0.251. The van der Waals surface area contributed by atoms with E-state index in [4.69, 9.17) is 18.7 Å². The van der Waals surface area contributed by atoms with Crippen LogP contribution in [-0.2, 0) is 22.5 Å². The van der Waals surface area contributed by atoms with E-state index in [9.17, 15) is 4.79 Å². The Bertz CT molecular complexity index is 786. The summed E-state index contributed by atoms with van der Waals surface area (Å²) in [7, 11) is 4.64. The van der Waals surface area contributed by atoms with Crippen LogP contribution in [0.25, 0.3) is 0 Å². The second-order valence-corrected chi connectivity index (χ2v) is 6.35. The molecule has 0 saturated heterocycles. The Balaban J connectivity index is 1.96. The molecule has 0 N–H and O–H groups in total. The zero-order valence-electron chi connectivity index (χ0n) is 15.6. The smallest absolute Gasteiger partial charge is 0.307 e. The molecule has 0 aliphatic carbocycles. The maximum absolute atomic E-state index is 12.0. The van der Waals surface area contributed by atoms with E-state index in [0.717, 1.165) is 35.5 Å². The summed E-state index contributed by atoms with van der Waals surface area (Å²) in [4.78, 5) is 14.3. The van der Waals surface area contributed by atoms with E-state index in [1.165, 1.54) is 7.11 Å². The molecule has 1 aromatic heterocycles. The van der Waals surface area contributed by atoms with Crippen molar-refractivity contribution in [2.45, 2.75) is 32.4 Å². The Hall–Kier alpha value is -2.54. The van der Waals surface area contributed by atoms with Crippen LogP contribution >= 0.6 is 0 Å². The highest BCUT2D eigenvalue weighted by atomic mass is 16.5. The second-order valence-electron chi connectivity index (χ2n) is 6.35. The molecule has 1 aliphatic heterocycles. The summed E-state index contributed by atoms with van der Waals surface area (Å²) in [5, 5.41) is 4.08. The van der Waals surface area contributed by atoms with Gasteiger partial charge in [0, 0.05) is 25.2 Å². The molecule has 0 amide bonds. The molecule has 0 saturated carbocycles. The van der Waals surface area contributed by atoms with E-state index in [1.807, 2.05) is 25.1 Å². The summed E-state index contributed by atoms with van der Waals surface area (Å²) in [5.74, 6) is 1.87. The summed E-state index contributed by atoms with van der Waals surface area (Å²) in [5.41, 5.74) is 3.06. The summed E-state index contributed by atoms with van der Waals surface area (Å²) < 4.78 is 21.0. The predicted molar refractivity (Wildman–Crippen MR) is 94.3 cm³/mol. The molecule has 26 heavy (non-hydrogen) atoms. The monoisotopic (exact) mass is 360 g/mol. The SMILES string of the molecule is COC(=O)C[C@@H]1c2cc(OC)c(OC)cc2CCN1Cc1cc(C)on1. The highest BCUT2D eigenvalue weighted by Crippen LogP contribution is 2.40. The molecule has 7 heteroatoms. The molecule has 7 nitrogen and oxygen atoms in total. The van der Waals surface area contributed by atoms with Crippen molar-refractivity contribution in [2.75, 3.05) is 27.9 Å². The largest absolute Gasteiger partial charge is 0.493 e. The van der Waals surface area contributed by atoms with Crippen molar-refractivity contribution < 1.29 is 23.5 Å². The number of carbonyl (C=O) groups excluding carboxylic acids is 1. The Kier molecular flexibility index (Phi) is 5.46. The molecular formula is C19H24N2O5. The van der Waals surface area contributed by atoms with E-state index >= 15 is 0 Å². The highest BCUT2D eigenvalue weighted by molar-refractivity contribution is 5.70. The number of nitrogens with zero attached hydrogens (tertiary/aromatic N) is 2. The fourth-order valence-corrected chi connectivity index (χ4v) is 3.45. The molecule has 1 aliphatic rings. The number of hydrogen-bond donors (Lipinski definition) is 0. The molecule has 0 fully saturated rings. The number of ether oxygens (including phenoxy) is 3. The normalized spacial score (nSPS) is 16.8. The van der Waals surface area contributed by atoms with Crippen molar-refractivity contribution in [3.63, 3.8) is 0 Å². The molecular weight excluding hydrogens is 336 g/mol. The van der Waals surface area contributed by atoms with E-state index in [0.29, 0.717) is 18.0 Å². The summed E-state index contributed by atoms with van der Waals surface area (Å²) in [6.07, 6.45) is 1.11. The lowest BCUT2D eigenvalue weighted by Crippen LogP contribution is -2.36. The third-order valence-corrected chi connectivity index (χ3v) is 4.74. The van der Waals surface area contributed by atoms with Gasteiger partial charge in [-0.15, -0.1) is 0 Å². The Morgan fingerprint density at radius 2 is 1.96 bits per heavy atom. The molecule has 0 radical (unpaired) electrons. The zero-order chi connectivity index (χ0) is 18.7. The van der Waals surface area contributed by atoms with Crippen molar-refractivity contribution in [1.82, 2.24) is 10.1 Å². The first-order valence-electron chi connectivity index (χ1n) is 8.53. The average molecular weight is 360 g/mol. The molecule has 1 atom stereocenters. The molecule has 0 spiro atoms. The van der Waals surface area contributed by atoms with Gasteiger partial charge >= 0.3 is 5.97 Å². The van der Waals surface area contributed by atoms with Gasteiger partial charge in [0.15, 0.2) is 11.5 Å². The summed E-state index contributed by atoms with van der Waals surface area (Å²) >= 11 is 0. The van der Waals surface area contributed by atoms with Crippen LogP contribution in [0.2, 0.25) is 0 Å². The maximum Gasteiger partial charge on any atom is 0.307 e. The Morgan fingerprint density at radius 1 is 1.23 bits per heavy atom. The van der Waals surface area contributed by atoms with Crippen LogP contribution in [0.1, 0.15) is 35.0 Å². The topological polar surface area (TPSA) is 74.0 Å². The predicted octanol–water partition coefficient (Wildman–Crippen LogP) is 2.66. The third-order valence-electron chi connectivity index (χ3n) is 4.74. The van der Waals surface area contributed by atoms with Crippen LogP contribution < -0.4 is 9.47 Å². The number of rotatable bonds is 6. The van der Waals surface area contributed by atoms with Crippen LogP contribution in [0.3, 0.4) is 0 Å². The standard InChI is InChI=1S/C19H24N2O5/c1-12-7-14(20-26-12)11-21-6-5-13-8-17(23-2)18(24-3)9-15(13)16(21)10-19(22)25-4/h7-9,16H,5-6,10-11H2,1-4H3/t16-/m1/s1. The molecule has 0 unspecified atom stereocenters. The number of carbonyl (C=O) groups is 1. The minimum Gasteiger partial charge on any atom is -0.493 e. The molecule has 140 valence electrons. The summed E-state index contributed by atoms with van der Waals surface area (Å²) in [6, 6.07) is 5.75. The molecule has 2 aromatic rings.